The van der Waals surface area contributed by atoms with Crippen molar-refractivity contribution in [3.05, 3.63) is 0 Å². The van der Waals surface area contributed by atoms with Crippen LogP contribution in [0.1, 0.15) is 48.0 Å². The Morgan fingerprint density at radius 2 is 1.50 bits per heavy atom. The van der Waals surface area contributed by atoms with Crippen molar-refractivity contribution in [3.63, 3.8) is 0 Å². The molecule has 0 bridgehead atoms. The molecule has 0 rings (SSSR count). The lowest BCUT2D eigenvalue weighted by molar-refractivity contribution is 0.444. The summed E-state index contributed by atoms with van der Waals surface area (Å²) in [5, 5.41) is 0. The first kappa shape index (κ1) is 14.2. The highest BCUT2D eigenvalue weighted by atomic mass is 28.3. The van der Waals surface area contributed by atoms with Crippen LogP contribution in [0.25, 0.3) is 0 Å². The van der Waals surface area contributed by atoms with Gasteiger partial charge in [-0.3, -0.25) is 0 Å². The molecule has 86 valence electrons. The first-order chi connectivity index (χ1) is 6.58. The van der Waals surface area contributed by atoms with E-state index in [0.29, 0.717) is 0 Å². The fourth-order valence-electron chi connectivity index (χ4n) is 2.91. The number of hydrogen-bond donors (Lipinski definition) is 0. The predicted molar refractivity (Wildman–Crippen MR) is 69.4 cm³/mol. The second kappa shape index (κ2) is 6.62. The van der Waals surface area contributed by atoms with E-state index in [2.05, 4.69) is 46.1 Å². The molecule has 0 aromatic heterocycles. The molecule has 1 atom stereocenters. The standard InChI is InChI=1S/C12H29NSi/c1-7-11-14(10-4,12(5)6)13(8-2)9-3/h12H,7-11H2,1-6H3. The topological polar surface area (TPSA) is 3.24 Å². The third-order valence-electron chi connectivity index (χ3n) is 3.76. The van der Waals surface area contributed by atoms with Gasteiger partial charge in [0.2, 0.25) is 0 Å². The van der Waals surface area contributed by atoms with E-state index in [-0.39, 0.29) is 0 Å². The Labute approximate surface area is 92.0 Å². The number of rotatable bonds is 7. The maximum Gasteiger partial charge on any atom is 0.130 e. The SMILES string of the molecule is CCC[Si](CC)(C(C)C)N(CC)CC. The van der Waals surface area contributed by atoms with Crippen LogP contribution < -0.4 is 0 Å². The van der Waals surface area contributed by atoms with Crippen molar-refractivity contribution in [3.8, 4) is 0 Å². The number of nitrogens with zero attached hydrogens (tertiary/aromatic N) is 1. The Bertz CT molecular complexity index is 143. The average Bonchev–Trinajstić information content (AvgIpc) is 2.17. The minimum Gasteiger partial charge on any atom is -0.324 e. The molecule has 0 saturated heterocycles. The number of hydrogen-bond acceptors (Lipinski definition) is 1. The van der Waals surface area contributed by atoms with Gasteiger partial charge < -0.3 is 4.57 Å². The summed E-state index contributed by atoms with van der Waals surface area (Å²) in [6.45, 7) is 16.7. The van der Waals surface area contributed by atoms with Gasteiger partial charge >= 0.3 is 0 Å². The molecule has 0 aromatic carbocycles. The summed E-state index contributed by atoms with van der Waals surface area (Å²) < 4.78 is 2.79. The van der Waals surface area contributed by atoms with Crippen LogP contribution in [0.4, 0.5) is 0 Å². The van der Waals surface area contributed by atoms with Crippen molar-refractivity contribution in [1.82, 2.24) is 4.57 Å². The average molecular weight is 215 g/mol. The second-order valence-corrected chi connectivity index (χ2v) is 9.74. The Morgan fingerprint density at radius 3 is 1.71 bits per heavy atom. The molecule has 2 heteroatoms. The van der Waals surface area contributed by atoms with Gasteiger partial charge in [-0.25, -0.2) is 0 Å². The molecular weight excluding hydrogens is 186 g/mol. The molecule has 0 spiro atoms. The lowest BCUT2D eigenvalue weighted by Gasteiger charge is -2.44. The van der Waals surface area contributed by atoms with Crippen LogP contribution in [0, 0.1) is 0 Å². The molecule has 0 radical (unpaired) electrons. The lowest BCUT2D eigenvalue weighted by atomic mass is 10.5. The van der Waals surface area contributed by atoms with Crippen molar-refractivity contribution >= 4 is 8.24 Å². The molecule has 0 aliphatic rings. The van der Waals surface area contributed by atoms with Crippen molar-refractivity contribution in [1.29, 1.82) is 0 Å². The highest BCUT2D eigenvalue weighted by Gasteiger charge is 2.38. The van der Waals surface area contributed by atoms with Crippen LogP contribution in [-0.4, -0.2) is 25.9 Å². The molecule has 0 fully saturated rings. The molecule has 1 unspecified atom stereocenters. The zero-order chi connectivity index (χ0) is 11.2. The Hall–Kier alpha value is 0.177. The molecular formula is C12H29NSi. The van der Waals surface area contributed by atoms with Crippen LogP contribution in [-0.2, 0) is 0 Å². The Balaban J connectivity index is 4.79. The van der Waals surface area contributed by atoms with E-state index in [0.717, 1.165) is 5.54 Å². The fourth-order valence-corrected chi connectivity index (χ4v) is 8.27. The summed E-state index contributed by atoms with van der Waals surface area (Å²) in [5.74, 6) is 0. The maximum atomic E-state index is 2.79. The molecule has 0 aromatic rings. The Kier molecular flexibility index (Phi) is 6.71. The van der Waals surface area contributed by atoms with Crippen LogP contribution >= 0.6 is 0 Å². The van der Waals surface area contributed by atoms with Crippen LogP contribution in [0.5, 0.6) is 0 Å². The zero-order valence-electron chi connectivity index (χ0n) is 11.1. The van der Waals surface area contributed by atoms with Gasteiger partial charge in [-0.15, -0.1) is 0 Å². The highest BCUT2D eigenvalue weighted by Crippen LogP contribution is 2.33. The normalized spacial score (nSPS) is 16.3. The molecule has 0 N–H and O–H groups in total. The van der Waals surface area contributed by atoms with E-state index in [1.807, 2.05) is 0 Å². The molecule has 0 aliphatic carbocycles. The van der Waals surface area contributed by atoms with Gasteiger partial charge in [-0.1, -0.05) is 48.0 Å². The van der Waals surface area contributed by atoms with E-state index in [1.54, 1.807) is 0 Å². The first-order valence-electron chi connectivity index (χ1n) is 6.33. The minimum atomic E-state index is -1.14. The van der Waals surface area contributed by atoms with E-state index in [4.69, 9.17) is 0 Å². The predicted octanol–water partition coefficient (Wildman–Crippen LogP) is 4.11. The monoisotopic (exact) mass is 215 g/mol. The molecule has 0 heterocycles. The molecule has 14 heavy (non-hydrogen) atoms. The zero-order valence-corrected chi connectivity index (χ0v) is 12.1. The molecule has 0 aliphatic heterocycles. The van der Waals surface area contributed by atoms with Crippen molar-refractivity contribution < 1.29 is 0 Å². The summed E-state index contributed by atoms with van der Waals surface area (Å²) >= 11 is 0. The van der Waals surface area contributed by atoms with Gasteiger partial charge in [-0.05, 0) is 30.7 Å². The first-order valence-corrected chi connectivity index (χ1v) is 8.77. The fraction of sp³-hybridized carbons (Fsp3) is 1.00. The van der Waals surface area contributed by atoms with Crippen molar-refractivity contribution in [2.45, 2.75) is 65.6 Å². The molecule has 1 nitrogen and oxygen atoms in total. The van der Waals surface area contributed by atoms with Gasteiger partial charge in [0.1, 0.15) is 8.24 Å². The molecule has 0 saturated carbocycles. The quantitative estimate of drug-likeness (QED) is 0.578. The van der Waals surface area contributed by atoms with Gasteiger partial charge in [-0.2, -0.15) is 0 Å². The maximum absolute atomic E-state index is 2.79. The van der Waals surface area contributed by atoms with Gasteiger partial charge in [0.25, 0.3) is 0 Å². The summed E-state index contributed by atoms with van der Waals surface area (Å²) in [5.41, 5.74) is 0.896. The largest absolute Gasteiger partial charge is 0.324 e. The summed E-state index contributed by atoms with van der Waals surface area (Å²) in [6.07, 6.45) is 1.36. The smallest absolute Gasteiger partial charge is 0.130 e. The van der Waals surface area contributed by atoms with Crippen molar-refractivity contribution in [2.24, 2.45) is 0 Å². The van der Waals surface area contributed by atoms with Gasteiger partial charge in [0.15, 0.2) is 0 Å². The summed E-state index contributed by atoms with van der Waals surface area (Å²) in [7, 11) is -1.14. The second-order valence-electron chi connectivity index (χ2n) is 4.53. The van der Waals surface area contributed by atoms with E-state index in [9.17, 15) is 0 Å². The van der Waals surface area contributed by atoms with Gasteiger partial charge in [0.05, 0.1) is 0 Å². The van der Waals surface area contributed by atoms with E-state index < -0.39 is 8.24 Å². The summed E-state index contributed by atoms with van der Waals surface area (Å²) in [6, 6.07) is 2.89. The van der Waals surface area contributed by atoms with E-state index >= 15 is 0 Å². The van der Waals surface area contributed by atoms with Crippen LogP contribution in [0.2, 0.25) is 17.6 Å². The molecule has 0 amide bonds. The van der Waals surface area contributed by atoms with E-state index in [1.165, 1.54) is 31.6 Å². The van der Waals surface area contributed by atoms with Gasteiger partial charge in [0, 0.05) is 0 Å². The third kappa shape index (κ3) is 2.83. The van der Waals surface area contributed by atoms with Crippen LogP contribution in [0.15, 0.2) is 0 Å². The lowest BCUT2D eigenvalue weighted by Crippen LogP contribution is -2.55. The highest BCUT2D eigenvalue weighted by molar-refractivity contribution is 6.78. The van der Waals surface area contributed by atoms with Crippen molar-refractivity contribution in [2.75, 3.05) is 13.1 Å². The Morgan fingerprint density at radius 1 is 1.00 bits per heavy atom. The van der Waals surface area contributed by atoms with Crippen LogP contribution in [0.3, 0.4) is 0 Å². The minimum absolute atomic E-state index is 0.896. The summed E-state index contributed by atoms with van der Waals surface area (Å²) in [4.78, 5) is 0. The third-order valence-corrected chi connectivity index (χ3v) is 10.4.